The fourth-order valence-corrected chi connectivity index (χ4v) is 2.43. The van der Waals surface area contributed by atoms with Crippen LogP contribution in [0.1, 0.15) is 21.6 Å². The summed E-state index contributed by atoms with van der Waals surface area (Å²) in [5.74, 6) is -0.195. The Hall–Kier alpha value is -3.17. The van der Waals surface area contributed by atoms with E-state index in [9.17, 15) is 18.0 Å². The lowest BCUT2D eigenvalue weighted by molar-refractivity contribution is -0.141. The first-order valence-corrected chi connectivity index (χ1v) is 7.71. The minimum Gasteiger partial charge on any atom is -0.370 e. The van der Waals surface area contributed by atoms with Gasteiger partial charge in [0.2, 0.25) is 0 Å². The molecule has 1 amide bonds. The van der Waals surface area contributed by atoms with Crippen molar-refractivity contribution in [1.82, 2.24) is 24.9 Å². The molecule has 136 valence electrons. The normalized spacial score (nSPS) is 11.5. The number of rotatable bonds is 5. The van der Waals surface area contributed by atoms with Crippen LogP contribution in [0.4, 0.5) is 19.0 Å². The first-order valence-electron chi connectivity index (χ1n) is 7.71. The van der Waals surface area contributed by atoms with Crippen molar-refractivity contribution in [2.24, 2.45) is 0 Å². The Morgan fingerprint density at radius 1 is 1.27 bits per heavy atom. The van der Waals surface area contributed by atoms with E-state index in [0.717, 1.165) is 18.0 Å². The minimum absolute atomic E-state index is 0.135. The van der Waals surface area contributed by atoms with E-state index in [1.54, 1.807) is 25.2 Å². The van der Waals surface area contributed by atoms with E-state index in [0.29, 0.717) is 18.5 Å². The molecule has 2 aromatic heterocycles. The van der Waals surface area contributed by atoms with Crippen molar-refractivity contribution < 1.29 is 18.0 Å². The predicted molar refractivity (Wildman–Crippen MR) is 87.8 cm³/mol. The number of carbonyl (C=O) groups is 1. The van der Waals surface area contributed by atoms with Gasteiger partial charge in [-0.3, -0.25) is 4.79 Å². The van der Waals surface area contributed by atoms with E-state index in [1.165, 1.54) is 4.52 Å². The molecule has 0 aliphatic rings. The molecule has 26 heavy (non-hydrogen) atoms. The zero-order valence-electron chi connectivity index (χ0n) is 13.7. The van der Waals surface area contributed by atoms with Gasteiger partial charge in [-0.15, -0.1) is 0 Å². The summed E-state index contributed by atoms with van der Waals surface area (Å²) in [6.07, 6.45) is -2.93. The predicted octanol–water partition coefficient (Wildman–Crippen LogP) is 2.16. The van der Waals surface area contributed by atoms with Gasteiger partial charge in [0.15, 0.2) is 5.69 Å². The number of nitrogens with one attached hydrogen (secondary N) is 2. The maximum absolute atomic E-state index is 13.0. The summed E-state index contributed by atoms with van der Waals surface area (Å²) < 4.78 is 40.1. The molecule has 0 aliphatic heterocycles. The summed E-state index contributed by atoms with van der Waals surface area (Å²) in [5.41, 5.74) is 0.354. The van der Waals surface area contributed by atoms with Crippen molar-refractivity contribution in [1.29, 1.82) is 0 Å². The second-order valence-electron chi connectivity index (χ2n) is 5.45. The lowest BCUT2D eigenvalue weighted by Crippen LogP contribution is -2.18. The molecule has 3 aromatic rings. The van der Waals surface area contributed by atoms with Crippen molar-refractivity contribution in [3.8, 4) is 0 Å². The van der Waals surface area contributed by atoms with Crippen LogP contribution in [0, 0.1) is 0 Å². The lowest BCUT2D eigenvalue weighted by Gasteiger charge is -2.11. The van der Waals surface area contributed by atoms with Crippen LogP contribution in [-0.4, -0.2) is 39.1 Å². The average molecular weight is 364 g/mol. The Kier molecular flexibility index (Phi) is 4.74. The van der Waals surface area contributed by atoms with E-state index >= 15 is 0 Å². The fraction of sp³-hybridized carbons (Fsp3) is 0.250. The number of anilines is 1. The maximum Gasteiger partial charge on any atom is 0.433 e. The zero-order valence-corrected chi connectivity index (χ0v) is 13.7. The van der Waals surface area contributed by atoms with Crippen LogP contribution in [0.25, 0.3) is 5.78 Å². The highest BCUT2D eigenvalue weighted by Crippen LogP contribution is 2.29. The van der Waals surface area contributed by atoms with Gasteiger partial charge in [-0.1, -0.05) is 12.1 Å². The van der Waals surface area contributed by atoms with Crippen molar-refractivity contribution in [3.63, 3.8) is 0 Å². The monoisotopic (exact) mass is 364 g/mol. The van der Waals surface area contributed by atoms with Crippen LogP contribution >= 0.6 is 0 Å². The third-order valence-electron chi connectivity index (χ3n) is 3.68. The smallest absolute Gasteiger partial charge is 0.370 e. The molecule has 1 aromatic carbocycles. The quantitative estimate of drug-likeness (QED) is 0.725. The molecule has 0 bridgehead atoms. The molecular weight excluding hydrogens is 349 g/mol. The van der Waals surface area contributed by atoms with E-state index in [-0.39, 0.29) is 17.5 Å². The molecule has 0 atom stereocenters. The fourth-order valence-electron chi connectivity index (χ4n) is 2.43. The van der Waals surface area contributed by atoms with Gasteiger partial charge < -0.3 is 10.6 Å². The Morgan fingerprint density at radius 3 is 2.81 bits per heavy atom. The number of benzene rings is 1. The van der Waals surface area contributed by atoms with Gasteiger partial charge in [0.25, 0.3) is 11.7 Å². The molecule has 0 radical (unpaired) electrons. The van der Waals surface area contributed by atoms with E-state index in [2.05, 4.69) is 25.7 Å². The van der Waals surface area contributed by atoms with Gasteiger partial charge in [-0.2, -0.15) is 27.8 Å². The maximum atomic E-state index is 13.0. The Bertz CT molecular complexity index is 937. The van der Waals surface area contributed by atoms with E-state index < -0.39 is 11.9 Å². The molecule has 2 heterocycles. The number of fused-ring (bicyclic) bond motifs is 1. The van der Waals surface area contributed by atoms with Crippen molar-refractivity contribution >= 4 is 17.5 Å². The topological polar surface area (TPSA) is 84.2 Å². The SMILES string of the molecule is CNC(=O)c1cccc(CCNc2cc(C(F)(F)F)nc3ncnn23)c1. The highest BCUT2D eigenvalue weighted by atomic mass is 19.4. The molecule has 0 spiro atoms. The molecule has 0 unspecified atom stereocenters. The molecule has 0 fully saturated rings. The summed E-state index contributed by atoms with van der Waals surface area (Å²) in [5, 5.41) is 9.33. The van der Waals surface area contributed by atoms with Gasteiger partial charge >= 0.3 is 6.18 Å². The first-order chi connectivity index (χ1) is 12.4. The molecular formula is C16H15F3N6O. The Morgan fingerprint density at radius 2 is 2.08 bits per heavy atom. The molecule has 10 heteroatoms. The van der Waals surface area contributed by atoms with Gasteiger partial charge in [0.1, 0.15) is 12.1 Å². The summed E-state index contributed by atoms with van der Waals surface area (Å²) in [6, 6.07) is 7.91. The molecule has 3 rings (SSSR count). The molecule has 0 saturated heterocycles. The second-order valence-corrected chi connectivity index (χ2v) is 5.45. The summed E-state index contributed by atoms with van der Waals surface area (Å²) in [6.45, 7) is 0.341. The van der Waals surface area contributed by atoms with Gasteiger partial charge in [0.05, 0.1) is 0 Å². The lowest BCUT2D eigenvalue weighted by atomic mass is 10.1. The number of halogens is 3. The number of nitrogens with zero attached hydrogens (tertiary/aromatic N) is 4. The zero-order chi connectivity index (χ0) is 18.7. The summed E-state index contributed by atoms with van der Waals surface area (Å²) in [4.78, 5) is 18.8. The second kappa shape index (κ2) is 6.98. The van der Waals surface area contributed by atoms with Gasteiger partial charge in [-0.25, -0.2) is 4.98 Å². The van der Waals surface area contributed by atoms with E-state index in [1.807, 2.05) is 6.07 Å². The van der Waals surface area contributed by atoms with Crippen LogP contribution < -0.4 is 10.6 Å². The first kappa shape index (κ1) is 17.6. The van der Waals surface area contributed by atoms with Gasteiger partial charge in [-0.05, 0) is 24.1 Å². The number of hydrogen-bond acceptors (Lipinski definition) is 5. The van der Waals surface area contributed by atoms with Crippen molar-refractivity contribution in [2.75, 3.05) is 18.9 Å². The van der Waals surface area contributed by atoms with Crippen LogP contribution in [0.2, 0.25) is 0 Å². The van der Waals surface area contributed by atoms with Gasteiger partial charge in [0, 0.05) is 25.2 Å². The van der Waals surface area contributed by atoms with Crippen LogP contribution in [0.15, 0.2) is 36.7 Å². The highest BCUT2D eigenvalue weighted by molar-refractivity contribution is 5.94. The van der Waals surface area contributed by atoms with E-state index in [4.69, 9.17) is 0 Å². The average Bonchev–Trinajstić information content (AvgIpc) is 3.09. The Labute approximate surface area is 146 Å². The van der Waals surface area contributed by atoms with Crippen LogP contribution in [0.5, 0.6) is 0 Å². The third kappa shape index (κ3) is 3.73. The van der Waals surface area contributed by atoms with Crippen molar-refractivity contribution in [2.45, 2.75) is 12.6 Å². The molecule has 7 nitrogen and oxygen atoms in total. The number of carbonyl (C=O) groups excluding carboxylic acids is 1. The van der Waals surface area contributed by atoms with Crippen molar-refractivity contribution in [3.05, 3.63) is 53.5 Å². The summed E-state index contributed by atoms with van der Waals surface area (Å²) in [7, 11) is 1.54. The number of alkyl halides is 3. The number of amides is 1. The van der Waals surface area contributed by atoms with Crippen LogP contribution in [0.3, 0.4) is 0 Å². The number of aromatic nitrogens is 4. The summed E-state index contributed by atoms with van der Waals surface area (Å²) >= 11 is 0. The Balaban J connectivity index is 1.76. The minimum atomic E-state index is -4.58. The third-order valence-corrected chi connectivity index (χ3v) is 3.68. The largest absolute Gasteiger partial charge is 0.433 e. The molecule has 0 aliphatic carbocycles. The van der Waals surface area contributed by atoms with Crippen LogP contribution in [-0.2, 0) is 12.6 Å². The molecule has 0 saturated carbocycles. The number of hydrogen-bond donors (Lipinski definition) is 2. The molecule has 2 N–H and O–H groups in total. The standard InChI is InChI=1S/C16H15F3N6O/c1-20-14(26)11-4-2-3-10(7-11)5-6-21-13-8-12(16(17,18)19)24-15-22-9-23-25(13)15/h2-4,7-9,21H,5-6H2,1H3,(H,20,26). The highest BCUT2D eigenvalue weighted by Gasteiger charge is 2.34.